The summed E-state index contributed by atoms with van der Waals surface area (Å²) in [6, 6.07) is 12.1. The molecular weight excluding hydrogens is 334 g/mol. The molecule has 1 aromatic heterocycles. The zero-order chi connectivity index (χ0) is 15.2. The molecule has 0 saturated carbocycles. The summed E-state index contributed by atoms with van der Waals surface area (Å²) in [5.41, 5.74) is 1.28. The number of nitrogens with zero attached hydrogens (tertiary/aromatic N) is 2. The number of anilines is 1. The Balaban J connectivity index is 2.03. The van der Waals surface area contributed by atoms with Gasteiger partial charge in [-0.1, -0.05) is 12.1 Å². The van der Waals surface area contributed by atoms with E-state index >= 15 is 0 Å². The maximum absolute atomic E-state index is 11.9. The maximum atomic E-state index is 11.9. The van der Waals surface area contributed by atoms with E-state index in [0.29, 0.717) is 12.1 Å². The third kappa shape index (κ3) is 4.29. The number of hydrogen-bond donors (Lipinski definition) is 1. The van der Waals surface area contributed by atoms with Gasteiger partial charge in [-0.15, -0.1) is 0 Å². The number of nitriles is 1. The normalized spacial score (nSPS) is 9.90. The Kier molecular flexibility index (Phi) is 4.90. The zero-order valence-electron chi connectivity index (χ0n) is 11.0. The molecule has 21 heavy (non-hydrogen) atoms. The van der Waals surface area contributed by atoms with Crippen molar-refractivity contribution in [1.82, 2.24) is 4.57 Å². The van der Waals surface area contributed by atoms with Crippen molar-refractivity contribution in [3.05, 3.63) is 63.0 Å². The van der Waals surface area contributed by atoms with Gasteiger partial charge in [0.15, 0.2) is 0 Å². The predicted octanol–water partition coefficient (Wildman–Crippen LogP) is 2.32. The molecule has 1 amide bonds. The molecule has 0 spiro atoms. The molecule has 6 heteroatoms. The Morgan fingerprint density at radius 1 is 1.24 bits per heavy atom. The Hall–Kier alpha value is -2.39. The molecule has 0 aliphatic heterocycles. The maximum Gasteiger partial charge on any atom is 0.251 e. The molecule has 0 fully saturated rings. The van der Waals surface area contributed by atoms with Crippen LogP contribution in [0.4, 0.5) is 5.69 Å². The number of benzene rings is 1. The van der Waals surface area contributed by atoms with Crippen molar-refractivity contribution in [2.75, 3.05) is 5.32 Å². The van der Waals surface area contributed by atoms with Crippen molar-refractivity contribution >= 4 is 27.5 Å². The van der Waals surface area contributed by atoms with E-state index in [1.54, 1.807) is 36.5 Å². The molecule has 106 valence electrons. The Morgan fingerprint density at radius 3 is 2.62 bits per heavy atom. The molecule has 0 aliphatic carbocycles. The molecule has 2 aromatic rings. The van der Waals surface area contributed by atoms with E-state index in [1.807, 2.05) is 0 Å². The van der Waals surface area contributed by atoms with Crippen LogP contribution in [0.2, 0.25) is 0 Å². The molecule has 0 radical (unpaired) electrons. The van der Waals surface area contributed by atoms with Crippen molar-refractivity contribution in [3.8, 4) is 6.07 Å². The highest BCUT2D eigenvalue weighted by atomic mass is 79.9. The van der Waals surface area contributed by atoms with Crippen LogP contribution < -0.4 is 10.9 Å². The van der Waals surface area contributed by atoms with Gasteiger partial charge in [0, 0.05) is 22.4 Å². The summed E-state index contributed by atoms with van der Waals surface area (Å²) >= 11 is 3.26. The highest BCUT2D eigenvalue weighted by Gasteiger charge is 2.05. The van der Waals surface area contributed by atoms with Crippen molar-refractivity contribution in [1.29, 1.82) is 5.26 Å². The number of aromatic nitrogens is 1. The second-order valence-electron chi connectivity index (χ2n) is 4.39. The predicted molar refractivity (Wildman–Crippen MR) is 82.8 cm³/mol. The molecular formula is C15H12BrN3O2. The van der Waals surface area contributed by atoms with Gasteiger partial charge in [-0.2, -0.15) is 5.26 Å². The standard InChI is InChI=1S/C15H12BrN3O2/c16-12-3-6-15(21)19(9-12)10-14(20)18-13-4-1-11(2-5-13)7-8-17/h1-6,9H,7,10H2,(H,18,20). The van der Waals surface area contributed by atoms with Crippen LogP contribution in [-0.2, 0) is 17.8 Å². The summed E-state index contributed by atoms with van der Waals surface area (Å²) in [4.78, 5) is 23.5. The van der Waals surface area contributed by atoms with Gasteiger partial charge in [-0.25, -0.2) is 0 Å². The summed E-state index contributed by atoms with van der Waals surface area (Å²) in [5.74, 6) is -0.289. The summed E-state index contributed by atoms with van der Waals surface area (Å²) in [7, 11) is 0. The van der Waals surface area contributed by atoms with Gasteiger partial charge < -0.3 is 9.88 Å². The molecule has 5 nitrogen and oxygen atoms in total. The number of rotatable bonds is 4. The van der Waals surface area contributed by atoms with Gasteiger partial charge in [0.25, 0.3) is 5.56 Å². The number of hydrogen-bond acceptors (Lipinski definition) is 3. The van der Waals surface area contributed by atoms with E-state index in [2.05, 4.69) is 27.3 Å². The average Bonchev–Trinajstić information content (AvgIpc) is 2.45. The number of halogens is 1. The van der Waals surface area contributed by atoms with Crippen LogP contribution >= 0.6 is 15.9 Å². The average molecular weight is 346 g/mol. The van der Waals surface area contributed by atoms with Crippen molar-refractivity contribution in [2.24, 2.45) is 0 Å². The summed E-state index contributed by atoms with van der Waals surface area (Å²) in [6.07, 6.45) is 1.90. The lowest BCUT2D eigenvalue weighted by Gasteiger charge is -2.08. The molecule has 1 N–H and O–H groups in total. The SMILES string of the molecule is N#CCc1ccc(NC(=O)Cn2cc(Br)ccc2=O)cc1. The molecule has 0 bridgehead atoms. The minimum absolute atomic E-state index is 0.0573. The zero-order valence-corrected chi connectivity index (χ0v) is 12.6. The van der Waals surface area contributed by atoms with Gasteiger partial charge in [-0.05, 0) is 39.7 Å². The fourth-order valence-corrected chi connectivity index (χ4v) is 2.16. The first-order valence-corrected chi connectivity index (χ1v) is 6.99. The monoisotopic (exact) mass is 345 g/mol. The fourth-order valence-electron chi connectivity index (χ4n) is 1.78. The highest BCUT2D eigenvalue weighted by Crippen LogP contribution is 2.10. The summed E-state index contributed by atoms with van der Waals surface area (Å²) < 4.78 is 2.06. The van der Waals surface area contributed by atoms with Gasteiger partial charge in [-0.3, -0.25) is 9.59 Å². The quantitative estimate of drug-likeness (QED) is 0.923. The first-order chi connectivity index (χ1) is 10.1. The smallest absolute Gasteiger partial charge is 0.251 e. The van der Waals surface area contributed by atoms with Crippen LogP contribution in [0.5, 0.6) is 0 Å². The number of carbonyl (C=O) groups excluding carboxylic acids is 1. The molecule has 1 aromatic carbocycles. The third-order valence-electron chi connectivity index (χ3n) is 2.78. The van der Waals surface area contributed by atoms with E-state index < -0.39 is 0 Å². The van der Waals surface area contributed by atoms with E-state index in [-0.39, 0.29) is 18.0 Å². The largest absolute Gasteiger partial charge is 0.325 e. The topological polar surface area (TPSA) is 74.9 Å². The van der Waals surface area contributed by atoms with E-state index in [1.165, 1.54) is 10.6 Å². The lowest BCUT2D eigenvalue weighted by molar-refractivity contribution is -0.116. The van der Waals surface area contributed by atoms with Crippen molar-refractivity contribution in [3.63, 3.8) is 0 Å². The van der Waals surface area contributed by atoms with Gasteiger partial charge in [0.1, 0.15) is 6.54 Å². The molecule has 0 aliphatic rings. The number of nitrogens with one attached hydrogen (secondary N) is 1. The molecule has 2 rings (SSSR count). The lowest BCUT2D eigenvalue weighted by Crippen LogP contribution is -2.26. The molecule has 0 saturated heterocycles. The number of carbonyl (C=O) groups is 1. The number of amides is 1. The van der Waals surface area contributed by atoms with E-state index in [9.17, 15) is 9.59 Å². The lowest BCUT2D eigenvalue weighted by atomic mass is 10.1. The Labute approximate surface area is 130 Å². The van der Waals surface area contributed by atoms with E-state index in [0.717, 1.165) is 10.0 Å². The minimum atomic E-state index is -0.289. The van der Waals surface area contributed by atoms with Crippen molar-refractivity contribution < 1.29 is 4.79 Å². The molecule has 1 heterocycles. The first kappa shape index (κ1) is 15.0. The Bertz CT molecular complexity index is 745. The van der Waals surface area contributed by atoms with Gasteiger partial charge in [0.2, 0.25) is 5.91 Å². The van der Waals surface area contributed by atoms with Crippen LogP contribution in [0, 0.1) is 11.3 Å². The fraction of sp³-hybridized carbons (Fsp3) is 0.133. The van der Waals surface area contributed by atoms with Crippen LogP contribution in [0.15, 0.2) is 51.9 Å². The second kappa shape index (κ2) is 6.86. The van der Waals surface area contributed by atoms with E-state index in [4.69, 9.17) is 5.26 Å². The van der Waals surface area contributed by atoms with Crippen LogP contribution in [-0.4, -0.2) is 10.5 Å². The highest BCUT2D eigenvalue weighted by molar-refractivity contribution is 9.10. The number of pyridine rings is 1. The van der Waals surface area contributed by atoms with Crippen LogP contribution in [0.1, 0.15) is 5.56 Å². The molecule has 0 atom stereocenters. The van der Waals surface area contributed by atoms with Crippen LogP contribution in [0.3, 0.4) is 0 Å². The van der Waals surface area contributed by atoms with Crippen molar-refractivity contribution in [2.45, 2.75) is 13.0 Å². The first-order valence-electron chi connectivity index (χ1n) is 6.20. The van der Waals surface area contributed by atoms with Gasteiger partial charge >= 0.3 is 0 Å². The summed E-state index contributed by atoms with van der Waals surface area (Å²) in [6.45, 7) is -0.0573. The third-order valence-corrected chi connectivity index (χ3v) is 3.25. The second-order valence-corrected chi connectivity index (χ2v) is 5.31. The molecule has 0 unspecified atom stereocenters. The Morgan fingerprint density at radius 2 is 1.95 bits per heavy atom. The summed E-state index contributed by atoms with van der Waals surface area (Å²) in [5, 5.41) is 11.3. The van der Waals surface area contributed by atoms with Gasteiger partial charge in [0.05, 0.1) is 12.5 Å². The minimum Gasteiger partial charge on any atom is -0.325 e. The van der Waals surface area contributed by atoms with Crippen LogP contribution in [0.25, 0.3) is 0 Å².